The van der Waals surface area contributed by atoms with Gasteiger partial charge in [0.2, 0.25) is 0 Å². The lowest BCUT2D eigenvalue weighted by molar-refractivity contribution is 0.627. The van der Waals surface area contributed by atoms with Crippen molar-refractivity contribution >= 4 is 28.7 Å². The maximum absolute atomic E-state index is 12.9. The molecular formula is C16H11FN4S2. The van der Waals surface area contributed by atoms with Gasteiger partial charge in [0, 0.05) is 5.75 Å². The van der Waals surface area contributed by atoms with Crippen molar-refractivity contribution in [2.24, 2.45) is 0 Å². The Labute approximate surface area is 140 Å². The standard InChI is InChI=1S/C16H11FN4S2/c17-12-5-3-11(4-6-12)10-23-15-8-7-14-18-19-16(21(14)20-15)13-2-1-9-22-13/h1-9H,10H2. The van der Waals surface area contributed by atoms with Crippen LogP contribution < -0.4 is 0 Å². The second-order valence-corrected chi connectivity index (χ2v) is 6.80. The van der Waals surface area contributed by atoms with E-state index in [-0.39, 0.29) is 5.82 Å². The third kappa shape index (κ3) is 2.97. The first kappa shape index (κ1) is 14.3. The number of hydrogen-bond donors (Lipinski definition) is 0. The van der Waals surface area contributed by atoms with Gasteiger partial charge >= 0.3 is 0 Å². The monoisotopic (exact) mass is 342 g/mol. The molecule has 0 bridgehead atoms. The first-order chi connectivity index (χ1) is 11.3. The number of rotatable bonds is 4. The van der Waals surface area contributed by atoms with Gasteiger partial charge in [0.15, 0.2) is 11.5 Å². The molecule has 3 heterocycles. The third-order valence-electron chi connectivity index (χ3n) is 3.28. The number of benzene rings is 1. The van der Waals surface area contributed by atoms with Crippen molar-refractivity contribution in [3.63, 3.8) is 0 Å². The second-order valence-electron chi connectivity index (χ2n) is 4.86. The van der Waals surface area contributed by atoms with Crippen LogP contribution in [0, 0.1) is 5.82 Å². The van der Waals surface area contributed by atoms with Crippen LogP contribution in [0.4, 0.5) is 4.39 Å². The molecule has 7 heteroatoms. The van der Waals surface area contributed by atoms with Gasteiger partial charge in [-0.25, -0.2) is 4.39 Å². The first-order valence-corrected chi connectivity index (χ1v) is 8.80. The molecule has 0 amide bonds. The smallest absolute Gasteiger partial charge is 0.195 e. The van der Waals surface area contributed by atoms with Gasteiger partial charge in [-0.15, -0.1) is 21.5 Å². The molecule has 3 aromatic heterocycles. The van der Waals surface area contributed by atoms with Crippen LogP contribution in [-0.2, 0) is 5.75 Å². The van der Waals surface area contributed by atoms with E-state index in [1.165, 1.54) is 12.1 Å². The minimum atomic E-state index is -0.219. The predicted octanol–water partition coefficient (Wildman–Crippen LogP) is 4.28. The molecule has 1 aromatic carbocycles. The Balaban J connectivity index is 1.60. The normalized spacial score (nSPS) is 11.2. The average Bonchev–Trinajstić information content (AvgIpc) is 3.23. The number of fused-ring (bicyclic) bond motifs is 1. The Morgan fingerprint density at radius 2 is 1.91 bits per heavy atom. The van der Waals surface area contributed by atoms with E-state index in [1.54, 1.807) is 39.7 Å². The lowest BCUT2D eigenvalue weighted by atomic mass is 10.2. The van der Waals surface area contributed by atoms with Crippen molar-refractivity contribution in [2.45, 2.75) is 10.8 Å². The lowest BCUT2D eigenvalue weighted by Gasteiger charge is -2.03. The maximum atomic E-state index is 12.9. The SMILES string of the molecule is Fc1ccc(CSc2ccc3nnc(-c4cccs4)n3n2)cc1. The highest BCUT2D eigenvalue weighted by molar-refractivity contribution is 7.98. The summed E-state index contributed by atoms with van der Waals surface area (Å²) >= 11 is 3.20. The Hall–Kier alpha value is -2.25. The van der Waals surface area contributed by atoms with Crippen molar-refractivity contribution in [1.82, 2.24) is 19.8 Å². The summed E-state index contributed by atoms with van der Waals surface area (Å²) in [4.78, 5) is 1.03. The van der Waals surface area contributed by atoms with Crippen LogP contribution >= 0.6 is 23.1 Å². The summed E-state index contributed by atoms with van der Waals surface area (Å²) in [5.41, 5.74) is 1.78. The first-order valence-electron chi connectivity index (χ1n) is 6.93. The minimum Gasteiger partial charge on any atom is -0.207 e. The number of halogens is 1. The number of thiophene rings is 1. The number of thioether (sulfide) groups is 1. The van der Waals surface area contributed by atoms with Crippen LogP contribution in [0.5, 0.6) is 0 Å². The highest BCUT2D eigenvalue weighted by Crippen LogP contribution is 2.25. The lowest BCUT2D eigenvalue weighted by Crippen LogP contribution is -1.95. The van der Waals surface area contributed by atoms with Gasteiger partial charge in [0.1, 0.15) is 10.8 Å². The van der Waals surface area contributed by atoms with Gasteiger partial charge < -0.3 is 0 Å². The fourth-order valence-corrected chi connectivity index (χ4v) is 3.65. The highest BCUT2D eigenvalue weighted by Gasteiger charge is 2.11. The van der Waals surface area contributed by atoms with E-state index in [4.69, 9.17) is 0 Å². The quantitative estimate of drug-likeness (QED) is 0.519. The summed E-state index contributed by atoms with van der Waals surface area (Å²) in [5, 5.41) is 15.9. The second kappa shape index (κ2) is 6.10. The highest BCUT2D eigenvalue weighted by atomic mass is 32.2. The van der Waals surface area contributed by atoms with Crippen molar-refractivity contribution in [3.05, 3.63) is 65.3 Å². The van der Waals surface area contributed by atoms with Crippen molar-refractivity contribution in [1.29, 1.82) is 0 Å². The van der Waals surface area contributed by atoms with E-state index in [2.05, 4.69) is 15.3 Å². The van der Waals surface area contributed by atoms with E-state index in [0.717, 1.165) is 32.7 Å². The van der Waals surface area contributed by atoms with Crippen LogP contribution in [0.2, 0.25) is 0 Å². The van der Waals surface area contributed by atoms with Crippen LogP contribution in [0.25, 0.3) is 16.3 Å². The Morgan fingerprint density at radius 3 is 2.70 bits per heavy atom. The zero-order valence-electron chi connectivity index (χ0n) is 11.9. The summed E-state index contributed by atoms with van der Waals surface area (Å²) in [5.74, 6) is 1.26. The van der Waals surface area contributed by atoms with Crippen molar-refractivity contribution in [2.75, 3.05) is 0 Å². The molecule has 0 spiro atoms. The van der Waals surface area contributed by atoms with Crippen LogP contribution in [-0.4, -0.2) is 19.8 Å². The molecule has 114 valence electrons. The molecular weight excluding hydrogens is 331 g/mol. The fraction of sp³-hybridized carbons (Fsp3) is 0.0625. The molecule has 0 aliphatic heterocycles. The molecule has 4 aromatic rings. The zero-order valence-corrected chi connectivity index (χ0v) is 13.5. The summed E-state index contributed by atoms with van der Waals surface area (Å²) < 4.78 is 14.7. The Morgan fingerprint density at radius 1 is 1.04 bits per heavy atom. The molecule has 0 aliphatic rings. The molecule has 0 radical (unpaired) electrons. The Bertz CT molecular complexity index is 933. The molecule has 4 rings (SSSR count). The topological polar surface area (TPSA) is 43.1 Å². The predicted molar refractivity (Wildman–Crippen MR) is 90.1 cm³/mol. The minimum absolute atomic E-state index is 0.219. The summed E-state index contributed by atoms with van der Waals surface area (Å²) in [6.45, 7) is 0. The van der Waals surface area contributed by atoms with E-state index < -0.39 is 0 Å². The molecule has 0 saturated heterocycles. The molecule has 0 atom stereocenters. The van der Waals surface area contributed by atoms with Gasteiger partial charge in [-0.1, -0.05) is 30.0 Å². The summed E-state index contributed by atoms with van der Waals surface area (Å²) in [7, 11) is 0. The molecule has 0 fully saturated rings. The molecule has 0 N–H and O–H groups in total. The van der Waals surface area contributed by atoms with Gasteiger partial charge in [-0.3, -0.25) is 0 Å². The zero-order chi connectivity index (χ0) is 15.6. The summed E-state index contributed by atoms with van der Waals surface area (Å²) in [6, 6.07) is 14.3. The number of nitrogens with zero attached hydrogens (tertiary/aromatic N) is 4. The number of hydrogen-bond acceptors (Lipinski definition) is 5. The van der Waals surface area contributed by atoms with E-state index in [1.807, 2.05) is 29.6 Å². The van der Waals surface area contributed by atoms with Gasteiger partial charge in [0.05, 0.1) is 4.88 Å². The van der Waals surface area contributed by atoms with Gasteiger partial charge in [-0.05, 0) is 41.3 Å². The van der Waals surface area contributed by atoms with Crippen molar-refractivity contribution < 1.29 is 4.39 Å². The van der Waals surface area contributed by atoms with Gasteiger partial charge in [0.25, 0.3) is 0 Å². The van der Waals surface area contributed by atoms with E-state index in [0.29, 0.717) is 0 Å². The Kier molecular flexibility index (Phi) is 3.80. The largest absolute Gasteiger partial charge is 0.207 e. The summed E-state index contributed by atoms with van der Waals surface area (Å²) in [6.07, 6.45) is 0. The molecule has 4 nitrogen and oxygen atoms in total. The van der Waals surface area contributed by atoms with Crippen LogP contribution in [0.1, 0.15) is 5.56 Å². The number of aromatic nitrogens is 4. The van der Waals surface area contributed by atoms with Crippen LogP contribution in [0.15, 0.2) is 58.9 Å². The molecule has 0 unspecified atom stereocenters. The van der Waals surface area contributed by atoms with Crippen LogP contribution in [0.3, 0.4) is 0 Å². The molecule has 0 aliphatic carbocycles. The maximum Gasteiger partial charge on any atom is 0.195 e. The average molecular weight is 342 g/mol. The third-order valence-corrected chi connectivity index (χ3v) is 5.14. The van der Waals surface area contributed by atoms with Gasteiger partial charge in [-0.2, -0.15) is 9.61 Å². The molecule has 0 saturated carbocycles. The fourth-order valence-electron chi connectivity index (χ4n) is 2.15. The van der Waals surface area contributed by atoms with E-state index in [9.17, 15) is 4.39 Å². The van der Waals surface area contributed by atoms with Crippen molar-refractivity contribution in [3.8, 4) is 10.7 Å². The molecule has 23 heavy (non-hydrogen) atoms. The van der Waals surface area contributed by atoms with E-state index >= 15 is 0 Å².